The van der Waals surface area contributed by atoms with E-state index in [2.05, 4.69) is 20.6 Å². The average Bonchev–Trinajstić information content (AvgIpc) is 3.54. The molecule has 0 aliphatic heterocycles. The van der Waals surface area contributed by atoms with Crippen LogP contribution in [0.5, 0.6) is 0 Å². The van der Waals surface area contributed by atoms with Crippen LogP contribution in [0.25, 0.3) is 17.0 Å². The molecular formula is C24H18N6O. The number of benzene rings is 3. The Balaban J connectivity index is 1.39. The first kappa shape index (κ1) is 18.5. The molecule has 0 saturated carbocycles. The Morgan fingerprint density at radius 3 is 2.06 bits per heavy atom. The third-order valence-corrected chi connectivity index (χ3v) is 4.69. The van der Waals surface area contributed by atoms with Crippen molar-refractivity contribution in [3.05, 3.63) is 109 Å². The van der Waals surface area contributed by atoms with Crippen molar-refractivity contribution in [1.82, 2.24) is 20.2 Å². The summed E-state index contributed by atoms with van der Waals surface area (Å²) in [6, 6.07) is 31.7. The number of hydrogen-bond donors (Lipinski definition) is 0. The zero-order chi connectivity index (χ0) is 20.9. The van der Waals surface area contributed by atoms with Gasteiger partial charge in [-0.3, -0.25) is 0 Å². The summed E-state index contributed by atoms with van der Waals surface area (Å²) in [5.74, 6) is 1.42. The molecule has 0 amide bonds. The highest BCUT2D eigenvalue weighted by atomic mass is 16.3. The summed E-state index contributed by atoms with van der Waals surface area (Å²) < 4.78 is 7.60. The largest absolute Gasteiger partial charge is 0.455 e. The molecule has 2 aromatic heterocycles. The van der Waals surface area contributed by atoms with Crippen molar-refractivity contribution in [3.63, 3.8) is 0 Å². The molecule has 5 rings (SSSR count). The van der Waals surface area contributed by atoms with Gasteiger partial charge in [-0.15, -0.1) is 5.10 Å². The molecule has 0 radical (unpaired) electrons. The predicted octanol–water partition coefficient (Wildman–Crippen LogP) is 5.09. The molecule has 5 aromatic rings. The van der Waals surface area contributed by atoms with Crippen molar-refractivity contribution in [2.45, 2.75) is 0 Å². The number of hydrazone groups is 1. The van der Waals surface area contributed by atoms with Crippen LogP contribution < -0.4 is 5.01 Å². The lowest BCUT2D eigenvalue weighted by Gasteiger charge is -2.18. The SMILES string of the molecule is C(=N/N(c1ccccc1)c1ccccc1)/c1ccc(-c2ccc(-n3cnnn3)cc2)o1. The summed E-state index contributed by atoms with van der Waals surface area (Å²) in [4.78, 5) is 0. The molecule has 3 aromatic carbocycles. The Kier molecular flexibility index (Phi) is 5.05. The second-order valence-corrected chi connectivity index (χ2v) is 6.73. The quantitative estimate of drug-likeness (QED) is 0.290. The predicted molar refractivity (Wildman–Crippen MR) is 119 cm³/mol. The summed E-state index contributed by atoms with van der Waals surface area (Å²) in [6.45, 7) is 0. The van der Waals surface area contributed by atoms with E-state index in [0.29, 0.717) is 5.76 Å². The molecule has 0 unspecified atom stereocenters. The van der Waals surface area contributed by atoms with E-state index in [1.165, 1.54) is 0 Å². The van der Waals surface area contributed by atoms with Crippen LogP contribution in [0.4, 0.5) is 11.4 Å². The highest BCUT2D eigenvalue weighted by Crippen LogP contribution is 2.26. The van der Waals surface area contributed by atoms with Crippen molar-refractivity contribution in [2.24, 2.45) is 5.10 Å². The lowest BCUT2D eigenvalue weighted by Crippen LogP contribution is -2.08. The van der Waals surface area contributed by atoms with Crippen molar-refractivity contribution < 1.29 is 4.42 Å². The van der Waals surface area contributed by atoms with Gasteiger partial charge in [0.1, 0.15) is 17.8 Å². The maximum absolute atomic E-state index is 6.00. The van der Waals surface area contributed by atoms with Crippen molar-refractivity contribution in [3.8, 4) is 17.0 Å². The van der Waals surface area contributed by atoms with Crippen LogP contribution in [0.1, 0.15) is 5.76 Å². The minimum absolute atomic E-state index is 0.663. The molecule has 0 aliphatic carbocycles. The van der Waals surface area contributed by atoms with Crippen molar-refractivity contribution in [1.29, 1.82) is 0 Å². The zero-order valence-electron chi connectivity index (χ0n) is 16.5. The van der Waals surface area contributed by atoms with E-state index in [0.717, 1.165) is 28.4 Å². The number of hydrogen-bond acceptors (Lipinski definition) is 6. The summed E-state index contributed by atoms with van der Waals surface area (Å²) >= 11 is 0. The van der Waals surface area contributed by atoms with Crippen LogP contribution in [0.2, 0.25) is 0 Å². The molecule has 0 bridgehead atoms. The first-order valence-corrected chi connectivity index (χ1v) is 9.75. The van der Waals surface area contributed by atoms with Gasteiger partial charge in [0.15, 0.2) is 0 Å². The van der Waals surface area contributed by atoms with Gasteiger partial charge < -0.3 is 4.42 Å². The first-order valence-electron chi connectivity index (χ1n) is 9.75. The van der Waals surface area contributed by atoms with Crippen LogP contribution >= 0.6 is 0 Å². The maximum atomic E-state index is 6.00. The number of anilines is 2. The van der Waals surface area contributed by atoms with E-state index in [9.17, 15) is 0 Å². The van der Waals surface area contributed by atoms with E-state index >= 15 is 0 Å². The molecule has 7 heteroatoms. The summed E-state index contributed by atoms with van der Waals surface area (Å²) in [5.41, 5.74) is 3.77. The molecule has 0 saturated heterocycles. The van der Waals surface area contributed by atoms with E-state index < -0.39 is 0 Å². The summed E-state index contributed by atoms with van der Waals surface area (Å²) in [5, 5.41) is 17.8. The number of tetrazole rings is 1. The second-order valence-electron chi connectivity index (χ2n) is 6.73. The minimum atomic E-state index is 0.663. The van der Waals surface area contributed by atoms with Gasteiger partial charge in [-0.1, -0.05) is 36.4 Å². The van der Waals surface area contributed by atoms with Crippen LogP contribution in [-0.2, 0) is 0 Å². The third-order valence-electron chi connectivity index (χ3n) is 4.69. The maximum Gasteiger partial charge on any atom is 0.147 e. The molecular weight excluding hydrogens is 388 g/mol. The monoisotopic (exact) mass is 406 g/mol. The Labute approximate surface area is 178 Å². The van der Waals surface area contributed by atoms with Gasteiger partial charge in [-0.05, 0) is 71.1 Å². The topological polar surface area (TPSA) is 72.3 Å². The Morgan fingerprint density at radius 2 is 1.45 bits per heavy atom. The lowest BCUT2D eigenvalue weighted by molar-refractivity contribution is 0.575. The second kappa shape index (κ2) is 8.46. The minimum Gasteiger partial charge on any atom is -0.455 e. The van der Waals surface area contributed by atoms with Gasteiger partial charge in [0.25, 0.3) is 0 Å². The van der Waals surface area contributed by atoms with Crippen molar-refractivity contribution in [2.75, 3.05) is 5.01 Å². The highest BCUT2D eigenvalue weighted by molar-refractivity contribution is 5.80. The van der Waals surface area contributed by atoms with Gasteiger partial charge in [0.05, 0.1) is 23.3 Å². The fourth-order valence-electron chi connectivity index (χ4n) is 3.17. The average molecular weight is 406 g/mol. The number of furan rings is 1. The molecule has 7 nitrogen and oxygen atoms in total. The standard InChI is InChI=1S/C24H18N6O/c1-3-7-21(8-4-1)30(22-9-5-2-6-10-22)26-17-23-15-16-24(31-23)19-11-13-20(14-12-19)29-18-25-27-28-29/h1-18H/b26-17-. The Hall–Kier alpha value is -4.52. The molecule has 0 aliphatic rings. The van der Waals surface area contributed by atoms with Crippen LogP contribution in [0.3, 0.4) is 0 Å². The van der Waals surface area contributed by atoms with Gasteiger partial charge in [0, 0.05) is 5.56 Å². The van der Waals surface area contributed by atoms with Gasteiger partial charge in [0.2, 0.25) is 0 Å². The third kappa shape index (κ3) is 4.11. The fraction of sp³-hybridized carbons (Fsp3) is 0. The molecule has 0 fully saturated rings. The van der Waals surface area contributed by atoms with Crippen LogP contribution in [-0.4, -0.2) is 26.4 Å². The Morgan fingerprint density at radius 1 is 0.774 bits per heavy atom. The van der Waals surface area contributed by atoms with Gasteiger partial charge in [-0.25, -0.2) is 9.69 Å². The number of aromatic nitrogens is 4. The number of para-hydroxylation sites is 2. The number of nitrogens with zero attached hydrogens (tertiary/aromatic N) is 6. The number of rotatable bonds is 6. The Bertz CT molecular complexity index is 1220. The van der Waals surface area contributed by atoms with E-state index in [1.807, 2.05) is 102 Å². The highest BCUT2D eigenvalue weighted by Gasteiger charge is 2.08. The molecule has 0 N–H and O–H groups in total. The van der Waals surface area contributed by atoms with Crippen molar-refractivity contribution >= 4 is 17.6 Å². The molecule has 150 valence electrons. The summed E-state index contributed by atoms with van der Waals surface area (Å²) in [6.07, 6.45) is 3.28. The smallest absolute Gasteiger partial charge is 0.147 e. The molecule has 0 atom stereocenters. The lowest BCUT2D eigenvalue weighted by atomic mass is 10.1. The first-order chi connectivity index (χ1) is 15.4. The van der Waals surface area contributed by atoms with E-state index in [1.54, 1.807) is 17.2 Å². The van der Waals surface area contributed by atoms with E-state index in [4.69, 9.17) is 4.42 Å². The summed E-state index contributed by atoms with van der Waals surface area (Å²) in [7, 11) is 0. The van der Waals surface area contributed by atoms with Gasteiger partial charge >= 0.3 is 0 Å². The zero-order valence-corrected chi connectivity index (χ0v) is 16.5. The fourth-order valence-corrected chi connectivity index (χ4v) is 3.17. The molecule has 0 spiro atoms. The van der Waals surface area contributed by atoms with Crippen LogP contribution in [0.15, 0.2) is 113 Å². The van der Waals surface area contributed by atoms with E-state index in [-0.39, 0.29) is 0 Å². The normalized spacial score (nSPS) is 11.1. The van der Waals surface area contributed by atoms with Gasteiger partial charge in [-0.2, -0.15) is 5.10 Å². The molecule has 2 heterocycles. The van der Waals surface area contributed by atoms with Crippen LogP contribution in [0, 0.1) is 0 Å². The molecule has 31 heavy (non-hydrogen) atoms.